The minimum Gasteiger partial charge on any atom is -0.396 e. The molecule has 2 nitrogen and oxygen atoms in total. The summed E-state index contributed by atoms with van der Waals surface area (Å²) in [6.45, 7) is 6.51. The van der Waals surface area contributed by atoms with Crippen molar-refractivity contribution in [2.75, 3.05) is 0 Å². The van der Waals surface area contributed by atoms with E-state index in [1.165, 1.54) is 19.3 Å². The molecule has 3 heteroatoms. The molecule has 1 fully saturated rings. The summed E-state index contributed by atoms with van der Waals surface area (Å²) < 4.78 is 6.48. The fraction of sp³-hybridized carbons (Fsp3) is 0.588. The van der Waals surface area contributed by atoms with Gasteiger partial charge in [0.05, 0.1) is 0 Å². The normalized spacial score (nSPS) is 20.1. The van der Waals surface area contributed by atoms with Crippen LogP contribution in [0.2, 0.25) is 19.6 Å². The van der Waals surface area contributed by atoms with Gasteiger partial charge in [-0.1, -0.05) is 49.6 Å². The molecule has 0 saturated heterocycles. The van der Waals surface area contributed by atoms with Crippen LogP contribution in [0.1, 0.15) is 37.7 Å². The lowest BCUT2D eigenvalue weighted by atomic mass is 9.74. The average Bonchev–Trinajstić information content (AvgIpc) is 2.46. The second-order valence-corrected chi connectivity index (χ2v) is 11.2. The Kier molecular flexibility index (Phi) is 4.67. The third-order valence-electron chi connectivity index (χ3n) is 4.02. The van der Waals surface area contributed by atoms with Gasteiger partial charge < -0.3 is 4.43 Å². The molecular weight excluding hydrogens is 262 g/mol. The van der Waals surface area contributed by atoms with E-state index in [4.69, 9.17) is 4.43 Å². The highest BCUT2D eigenvalue weighted by Crippen LogP contribution is 2.43. The molecule has 108 valence electrons. The van der Waals surface area contributed by atoms with E-state index in [1.54, 1.807) is 0 Å². The number of rotatable bonds is 4. The Morgan fingerprint density at radius 3 is 2.20 bits per heavy atom. The summed E-state index contributed by atoms with van der Waals surface area (Å²) in [5, 5.41) is 9.99. The van der Waals surface area contributed by atoms with Crippen LogP contribution in [0.4, 0.5) is 0 Å². The quantitative estimate of drug-likeness (QED) is 0.743. The van der Waals surface area contributed by atoms with Crippen LogP contribution in [0, 0.1) is 17.2 Å². The first-order chi connectivity index (χ1) is 9.48. The molecule has 2 rings (SSSR count). The van der Waals surface area contributed by atoms with E-state index in [2.05, 4.69) is 37.8 Å². The molecule has 1 saturated carbocycles. The monoisotopic (exact) mass is 287 g/mol. The second-order valence-electron chi connectivity index (χ2n) is 6.76. The van der Waals surface area contributed by atoms with Crippen LogP contribution in [0.15, 0.2) is 30.3 Å². The Morgan fingerprint density at radius 1 is 1.10 bits per heavy atom. The van der Waals surface area contributed by atoms with Crippen LogP contribution >= 0.6 is 0 Å². The van der Waals surface area contributed by atoms with Crippen LogP contribution < -0.4 is 0 Å². The Morgan fingerprint density at radius 2 is 1.70 bits per heavy atom. The van der Waals surface area contributed by atoms with Crippen molar-refractivity contribution in [2.45, 2.75) is 57.3 Å². The summed E-state index contributed by atoms with van der Waals surface area (Å²) in [7, 11) is -1.80. The van der Waals surface area contributed by atoms with E-state index in [1.807, 2.05) is 18.2 Å². The molecule has 20 heavy (non-hydrogen) atoms. The molecule has 0 spiro atoms. The highest BCUT2D eigenvalue weighted by Gasteiger charge is 2.45. The first-order valence-electron chi connectivity index (χ1n) is 7.65. The number of hydrogen-bond donors (Lipinski definition) is 0. The molecule has 1 atom stereocenters. The van der Waals surface area contributed by atoms with Gasteiger partial charge in [0.25, 0.3) is 0 Å². The van der Waals surface area contributed by atoms with Crippen molar-refractivity contribution in [1.29, 1.82) is 5.26 Å². The molecule has 1 aromatic carbocycles. The molecule has 1 aliphatic rings. The van der Waals surface area contributed by atoms with Gasteiger partial charge in [-0.3, -0.25) is 0 Å². The fourth-order valence-electron chi connectivity index (χ4n) is 3.23. The van der Waals surface area contributed by atoms with E-state index in [-0.39, 0.29) is 0 Å². The lowest BCUT2D eigenvalue weighted by molar-refractivity contribution is 0.0317. The van der Waals surface area contributed by atoms with E-state index in [0.29, 0.717) is 5.92 Å². The highest BCUT2D eigenvalue weighted by molar-refractivity contribution is 6.69. The Labute approximate surface area is 123 Å². The lowest BCUT2D eigenvalue weighted by Crippen LogP contribution is -2.45. The topological polar surface area (TPSA) is 33.0 Å². The van der Waals surface area contributed by atoms with Crippen molar-refractivity contribution in [3.05, 3.63) is 35.9 Å². The van der Waals surface area contributed by atoms with Crippen molar-refractivity contribution in [3.8, 4) is 6.07 Å². The fourth-order valence-corrected chi connectivity index (χ4v) is 4.53. The minimum absolute atomic E-state index is 0.329. The summed E-state index contributed by atoms with van der Waals surface area (Å²) in [4.78, 5) is 0. The van der Waals surface area contributed by atoms with Gasteiger partial charge in [0.2, 0.25) is 0 Å². The number of benzene rings is 1. The Bertz CT molecular complexity index is 468. The zero-order valence-corrected chi connectivity index (χ0v) is 13.9. The maximum absolute atomic E-state index is 9.99. The lowest BCUT2D eigenvalue weighted by Gasteiger charge is -2.41. The van der Waals surface area contributed by atoms with Gasteiger partial charge in [-0.25, -0.2) is 0 Å². The summed E-state index contributed by atoms with van der Waals surface area (Å²) in [5.41, 5.74) is 0.295. The predicted molar refractivity (Wildman–Crippen MR) is 84.7 cm³/mol. The van der Waals surface area contributed by atoms with E-state index in [9.17, 15) is 5.26 Å². The number of nitrogens with zero attached hydrogens (tertiary/aromatic N) is 1. The molecule has 1 unspecified atom stereocenters. The maximum atomic E-state index is 9.99. The SMILES string of the molecule is C[Si](C)(C)OC(C#N)(c1ccccc1)C1CCCCC1. The molecule has 0 N–H and O–H groups in total. The second kappa shape index (κ2) is 6.11. The number of nitriles is 1. The summed E-state index contributed by atoms with van der Waals surface area (Å²) in [6, 6.07) is 12.7. The van der Waals surface area contributed by atoms with Gasteiger partial charge in [-0.05, 0) is 38.0 Å². The molecule has 0 aliphatic heterocycles. The van der Waals surface area contributed by atoms with Crippen LogP contribution in [0.5, 0.6) is 0 Å². The van der Waals surface area contributed by atoms with E-state index < -0.39 is 13.9 Å². The molecule has 0 radical (unpaired) electrons. The summed E-state index contributed by atoms with van der Waals surface area (Å²) in [5.74, 6) is 0.329. The maximum Gasteiger partial charge on any atom is 0.186 e. The molecule has 0 heterocycles. The minimum atomic E-state index is -1.80. The zero-order valence-electron chi connectivity index (χ0n) is 12.9. The van der Waals surface area contributed by atoms with Gasteiger partial charge in [-0.2, -0.15) is 5.26 Å². The van der Waals surface area contributed by atoms with Gasteiger partial charge in [0.15, 0.2) is 13.9 Å². The van der Waals surface area contributed by atoms with Crippen molar-refractivity contribution in [2.24, 2.45) is 5.92 Å². The van der Waals surface area contributed by atoms with Crippen molar-refractivity contribution >= 4 is 8.32 Å². The molecule has 1 aliphatic carbocycles. The first-order valence-corrected chi connectivity index (χ1v) is 11.1. The summed E-state index contributed by atoms with van der Waals surface area (Å²) >= 11 is 0. The Hall–Kier alpha value is -1.11. The molecule has 0 amide bonds. The van der Waals surface area contributed by atoms with Crippen molar-refractivity contribution < 1.29 is 4.43 Å². The van der Waals surface area contributed by atoms with Gasteiger partial charge >= 0.3 is 0 Å². The third-order valence-corrected chi connectivity index (χ3v) is 4.95. The van der Waals surface area contributed by atoms with Gasteiger partial charge in [0, 0.05) is 5.92 Å². The molecule has 0 aromatic heterocycles. The molecule has 0 bridgehead atoms. The molecule has 1 aromatic rings. The smallest absolute Gasteiger partial charge is 0.186 e. The van der Waals surface area contributed by atoms with Crippen molar-refractivity contribution in [1.82, 2.24) is 0 Å². The van der Waals surface area contributed by atoms with Crippen LogP contribution in [-0.4, -0.2) is 8.32 Å². The molecular formula is C17H25NOSi. The van der Waals surface area contributed by atoms with Crippen LogP contribution in [0.25, 0.3) is 0 Å². The number of hydrogen-bond acceptors (Lipinski definition) is 2. The average molecular weight is 287 g/mol. The predicted octanol–water partition coefficient (Wildman–Crippen LogP) is 4.84. The summed E-state index contributed by atoms with van der Waals surface area (Å²) in [6.07, 6.45) is 5.94. The third kappa shape index (κ3) is 3.31. The van der Waals surface area contributed by atoms with Gasteiger partial charge in [-0.15, -0.1) is 0 Å². The van der Waals surface area contributed by atoms with E-state index in [0.717, 1.165) is 18.4 Å². The largest absolute Gasteiger partial charge is 0.396 e. The Balaban J connectivity index is 2.43. The highest BCUT2D eigenvalue weighted by atomic mass is 28.4. The van der Waals surface area contributed by atoms with Gasteiger partial charge in [0.1, 0.15) is 6.07 Å². The van der Waals surface area contributed by atoms with Crippen LogP contribution in [-0.2, 0) is 10.0 Å². The zero-order chi connectivity index (χ0) is 14.6. The van der Waals surface area contributed by atoms with Crippen molar-refractivity contribution in [3.63, 3.8) is 0 Å². The first kappa shape index (κ1) is 15.3. The van der Waals surface area contributed by atoms with Crippen LogP contribution in [0.3, 0.4) is 0 Å². The standard InChI is InChI=1S/C17H25NOSi/c1-20(2,3)19-17(14-18,15-10-6-4-7-11-15)16-12-8-5-9-13-16/h4,6-7,10-11,16H,5,8-9,12-13H2,1-3H3. The van der Waals surface area contributed by atoms with E-state index >= 15 is 0 Å².